The van der Waals surface area contributed by atoms with Crippen LogP contribution in [0.3, 0.4) is 0 Å². The van der Waals surface area contributed by atoms with Crippen LogP contribution in [0.4, 0.5) is 10.8 Å². The number of nitrogens with zero attached hydrogens (tertiary/aromatic N) is 2. The summed E-state index contributed by atoms with van der Waals surface area (Å²) in [6, 6.07) is 6.22. The molecular weight excluding hydrogens is 362 g/mol. The predicted octanol–water partition coefficient (Wildman–Crippen LogP) is 3.26. The number of hydrogen-bond acceptors (Lipinski definition) is 6. The minimum atomic E-state index is -1.03. The molecule has 1 aliphatic carbocycles. The maximum absolute atomic E-state index is 10.6. The van der Waals surface area contributed by atoms with Crippen LogP contribution in [0.25, 0.3) is 11.1 Å². The van der Waals surface area contributed by atoms with E-state index in [2.05, 4.69) is 15.2 Å². The van der Waals surface area contributed by atoms with Gasteiger partial charge in [-0.25, -0.2) is 4.79 Å². The van der Waals surface area contributed by atoms with Gasteiger partial charge in [-0.3, -0.25) is 0 Å². The number of oxazole rings is 1. The summed E-state index contributed by atoms with van der Waals surface area (Å²) in [5, 5.41) is 11.1. The van der Waals surface area contributed by atoms with Crippen LogP contribution in [0.1, 0.15) is 32.6 Å². The molecular formula is C20H27N3O5. The number of fused-ring (bicyclic) bond motifs is 1. The quantitative estimate of drug-likeness (QED) is 0.715. The molecule has 1 saturated heterocycles. The van der Waals surface area contributed by atoms with Crippen LogP contribution >= 0.6 is 0 Å². The Balaban J connectivity index is 1.29. The average molecular weight is 389 g/mol. The molecule has 1 atom stereocenters. The lowest BCUT2D eigenvalue weighted by atomic mass is 10.1. The molecule has 1 amide bonds. The standard InChI is InChI=1S/C20H27N3O5/c1-13(21-20(24)25)11-26-15-6-8-23(9-7-15)19-22-17-5-4-16(10-18(17)28-19)27-12-14-2-3-14/h4-5,10,13-15,21H,2-3,6-9,11-12H2,1H3,(H,24,25)/t13-/m0/s1. The van der Waals surface area contributed by atoms with E-state index < -0.39 is 6.09 Å². The summed E-state index contributed by atoms with van der Waals surface area (Å²) in [6.07, 6.45) is 3.35. The molecule has 28 heavy (non-hydrogen) atoms. The fourth-order valence-corrected chi connectivity index (χ4v) is 3.36. The number of amides is 1. The Labute approximate surface area is 163 Å². The minimum absolute atomic E-state index is 0.126. The number of rotatable bonds is 8. The monoisotopic (exact) mass is 389 g/mol. The zero-order valence-electron chi connectivity index (χ0n) is 16.1. The third-order valence-corrected chi connectivity index (χ3v) is 5.20. The summed E-state index contributed by atoms with van der Waals surface area (Å²) < 4.78 is 17.6. The molecule has 0 unspecified atom stereocenters. The number of piperidine rings is 1. The molecule has 8 heteroatoms. The van der Waals surface area contributed by atoms with Crippen LogP contribution < -0.4 is 15.0 Å². The highest BCUT2D eigenvalue weighted by Crippen LogP contribution is 2.31. The molecule has 8 nitrogen and oxygen atoms in total. The van der Waals surface area contributed by atoms with Crippen molar-refractivity contribution in [3.63, 3.8) is 0 Å². The van der Waals surface area contributed by atoms with E-state index in [0.29, 0.717) is 18.5 Å². The molecule has 0 radical (unpaired) electrons. The van der Waals surface area contributed by atoms with E-state index in [1.807, 2.05) is 18.2 Å². The number of ether oxygens (including phenoxy) is 2. The molecule has 0 spiro atoms. The summed E-state index contributed by atoms with van der Waals surface area (Å²) in [7, 11) is 0. The van der Waals surface area contributed by atoms with Gasteiger partial charge in [0, 0.05) is 19.2 Å². The normalized spacial score (nSPS) is 19.0. The Bertz CT molecular complexity index is 811. The fraction of sp³-hybridized carbons (Fsp3) is 0.600. The third kappa shape index (κ3) is 4.86. The van der Waals surface area contributed by atoms with Gasteiger partial charge in [-0.05, 0) is 50.7 Å². The molecule has 2 heterocycles. The average Bonchev–Trinajstić information content (AvgIpc) is 3.41. The second-order valence-corrected chi connectivity index (χ2v) is 7.75. The molecule has 2 N–H and O–H groups in total. The molecule has 1 aromatic carbocycles. The van der Waals surface area contributed by atoms with Gasteiger partial charge in [0.2, 0.25) is 0 Å². The van der Waals surface area contributed by atoms with Crippen molar-refractivity contribution in [3.8, 4) is 5.75 Å². The van der Waals surface area contributed by atoms with E-state index in [0.717, 1.165) is 49.4 Å². The van der Waals surface area contributed by atoms with Gasteiger partial charge < -0.3 is 29.2 Å². The molecule has 1 saturated carbocycles. The summed E-state index contributed by atoms with van der Waals surface area (Å²) in [4.78, 5) is 17.4. The molecule has 1 aliphatic heterocycles. The Hall–Kier alpha value is -2.48. The largest absolute Gasteiger partial charge is 0.493 e. The number of carboxylic acid groups (broad SMARTS) is 1. The second kappa shape index (κ2) is 8.26. The van der Waals surface area contributed by atoms with Crippen molar-refractivity contribution in [2.45, 2.75) is 44.8 Å². The van der Waals surface area contributed by atoms with E-state index in [4.69, 9.17) is 19.0 Å². The molecule has 152 valence electrons. The van der Waals surface area contributed by atoms with Gasteiger partial charge in [0.05, 0.1) is 25.4 Å². The van der Waals surface area contributed by atoms with Crippen molar-refractivity contribution in [1.29, 1.82) is 0 Å². The summed E-state index contributed by atoms with van der Waals surface area (Å²) in [5.74, 6) is 1.55. The lowest BCUT2D eigenvalue weighted by molar-refractivity contribution is 0.0260. The first kappa shape index (κ1) is 18.9. The van der Waals surface area contributed by atoms with Crippen LogP contribution in [0.5, 0.6) is 5.75 Å². The van der Waals surface area contributed by atoms with Gasteiger partial charge >= 0.3 is 6.09 Å². The first-order valence-corrected chi connectivity index (χ1v) is 9.96. The number of benzene rings is 1. The van der Waals surface area contributed by atoms with Gasteiger partial charge in [-0.15, -0.1) is 0 Å². The topological polar surface area (TPSA) is 97.1 Å². The first-order valence-electron chi connectivity index (χ1n) is 9.96. The van der Waals surface area contributed by atoms with Crippen LogP contribution in [-0.4, -0.2) is 54.6 Å². The smallest absolute Gasteiger partial charge is 0.404 e. The zero-order valence-corrected chi connectivity index (χ0v) is 16.1. The van der Waals surface area contributed by atoms with E-state index in [-0.39, 0.29) is 12.1 Å². The molecule has 0 bridgehead atoms. The van der Waals surface area contributed by atoms with Gasteiger partial charge in [-0.2, -0.15) is 4.98 Å². The number of nitrogens with one attached hydrogen (secondary N) is 1. The van der Waals surface area contributed by atoms with Crippen LogP contribution in [0.2, 0.25) is 0 Å². The third-order valence-electron chi connectivity index (χ3n) is 5.20. The molecule has 2 aromatic rings. The van der Waals surface area contributed by atoms with E-state index >= 15 is 0 Å². The lowest BCUT2D eigenvalue weighted by Crippen LogP contribution is -2.40. The van der Waals surface area contributed by atoms with E-state index in [1.54, 1.807) is 6.92 Å². The van der Waals surface area contributed by atoms with Crippen molar-refractivity contribution in [2.75, 3.05) is 31.2 Å². The number of anilines is 1. The second-order valence-electron chi connectivity index (χ2n) is 7.75. The highest BCUT2D eigenvalue weighted by atomic mass is 16.5. The maximum Gasteiger partial charge on any atom is 0.404 e. The van der Waals surface area contributed by atoms with E-state index in [1.165, 1.54) is 12.8 Å². The number of aromatic nitrogens is 1. The van der Waals surface area contributed by atoms with Gasteiger partial charge in [0.15, 0.2) is 5.58 Å². The van der Waals surface area contributed by atoms with Crippen LogP contribution in [0.15, 0.2) is 22.6 Å². The number of carbonyl (C=O) groups is 1. The van der Waals surface area contributed by atoms with Crippen LogP contribution in [0, 0.1) is 5.92 Å². The number of hydrogen-bond donors (Lipinski definition) is 2. The zero-order chi connectivity index (χ0) is 19.5. The Morgan fingerprint density at radius 3 is 2.86 bits per heavy atom. The van der Waals surface area contributed by atoms with Crippen molar-refractivity contribution in [3.05, 3.63) is 18.2 Å². The van der Waals surface area contributed by atoms with Crippen molar-refractivity contribution in [1.82, 2.24) is 10.3 Å². The van der Waals surface area contributed by atoms with Gasteiger partial charge in [0.25, 0.3) is 6.01 Å². The molecule has 2 aliphatic rings. The summed E-state index contributed by atoms with van der Waals surface area (Å²) in [6.45, 7) is 4.54. The maximum atomic E-state index is 10.6. The van der Waals surface area contributed by atoms with Crippen molar-refractivity contribution < 1.29 is 23.8 Å². The highest BCUT2D eigenvalue weighted by molar-refractivity contribution is 5.76. The van der Waals surface area contributed by atoms with Crippen LogP contribution in [-0.2, 0) is 4.74 Å². The van der Waals surface area contributed by atoms with E-state index in [9.17, 15) is 4.79 Å². The molecule has 1 aromatic heterocycles. The minimum Gasteiger partial charge on any atom is -0.493 e. The highest BCUT2D eigenvalue weighted by Gasteiger charge is 2.24. The predicted molar refractivity (Wildman–Crippen MR) is 104 cm³/mol. The Kier molecular flexibility index (Phi) is 5.57. The summed E-state index contributed by atoms with van der Waals surface area (Å²) >= 11 is 0. The molecule has 2 fully saturated rings. The summed E-state index contributed by atoms with van der Waals surface area (Å²) in [5.41, 5.74) is 1.58. The SMILES string of the molecule is C[C@@H](COC1CCN(c2nc3ccc(OCC4CC4)cc3o2)CC1)NC(=O)O. The first-order chi connectivity index (χ1) is 13.6. The molecule has 4 rings (SSSR count). The fourth-order valence-electron chi connectivity index (χ4n) is 3.36. The Morgan fingerprint density at radius 2 is 2.14 bits per heavy atom. The van der Waals surface area contributed by atoms with Crippen molar-refractivity contribution >= 4 is 23.2 Å². The van der Waals surface area contributed by atoms with Gasteiger partial charge in [-0.1, -0.05) is 0 Å². The van der Waals surface area contributed by atoms with Gasteiger partial charge in [0.1, 0.15) is 11.3 Å². The van der Waals surface area contributed by atoms with Crippen molar-refractivity contribution in [2.24, 2.45) is 5.92 Å². The Morgan fingerprint density at radius 1 is 1.36 bits per heavy atom. The lowest BCUT2D eigenvalue weighted by Gasteiger charge is -2.31.